The van der Waals surface area contributed by atoms with E-state index in [0.29, 0.717) is 35.1 Å². The van der Waals surface area contributed by atoms with Crippen molar-refractivity contribution in [2.24, 2.45) is 0 Å². The van der Waals surface area contributed by atoms with Gasteiger partial charge in [0.25, 0.3) is 5.91 Å². The fourth-order valence-corrected chi connectivity index (χ4v) is 2.75. The summed E-state index contributed by atoms with van der Waals surface area (Å²) < 4.78 is 10.6. The molecule has 1 saturated heterocycles. The Labute approximate surface area is 166 Å². The van der Waals surface area contributed by atoms with Gasteiger partial charge in [0, 0.05) is 45.4 Å². The predicted octanol–water partition coefficient (Wildman–Crippen LogP) is 2.57. The Balaban J connectivity index is 0.00000288. The highest BCUT2D eigenvalue weighted by Gasteiger charge is 2.25. The Bertz CT molecular complexity index is 553. The van der Waals surface area contributed by atoms with Gasteiger partial charge in [-0.05, 0) is 13.0 Å². The van der Waals surface area contributed by atoms with Crippen molar-refractivity contribution in [1.82, 2.24) is 9.80 Å². The summed E-state index contributed by atoms with van der Waals surface area (Å²) in [5, 5.41) is 0.365. The molecule has 6 nitrogen and oxygen atoms in total. The largest absolute Gasteiger partial charge is 0.496 e. The van der Waals surface area contributed by atoms with E-state index in [1.807, 2.05) is 11.8 Å². The smallest absolute Gasteiger partial charge is 0.257 e. The highest BCUT2D eigenvalue weighted by Crippen LogP contribution is 2.29. The molecule has 0 atom stereocenters. The monoisotopic (exact) mass is 413 g/mol. The standard InChI is InChI=1S/C16H24ClN3O3.2ClH/c1-3-23-9-8-19-4-6-20(7-5-19)16(21)12-10-13(17)14(18)11-15(12)22-2;;/h10-11H,3-9,18H2,1-2H3;2*1H. The van der Waals surface area contributed by atoms with Gasteiger partial charge in [0.05, 0.1) is 30.0 Å². The summed E-state index contributed by atoms with van der Waals surface area (Å²) >= 11 is 6.05. The molecule has 0 unspecified atom stereocenters. The van der Waals surface area contributed by atoms with Crippen molar-refractivity contribution in [1.29, 1.82) is 0 Å². The van der Waals surface area contributed by atoms with E-state index < -0.39 is 0 Å². The first-order valence-electron chi connectivity index (χ1n) is 7.79. The zero-order chi connectivity index (χ0) is 16.8. The minimum absolute atomic E-state index is 0. The average Bonchev–Trinajstić information content (AvgIpc) is 2.57. The van der Waals surface area contributed by atoms with Crippen molar-refractivity contribution in [2.75, 3.05) is 58.8 Å². The topological polar surface area (TPSA) is 68.0 Å². The van der Waals surface area contributed by atoms with Crippen LogP contribution in [0.15, 0.2) is 12.1 Å². The maximum Gasteiger partial charge on any atom is 0.257 e. The van der Waals surface area contributed by atoms with Crippen LogP contribution in [0.3, 0.4) is 0 Å². The van der Waals surface area contributed by atoms with Crippen LogP contribution in [-0.2, 0) is 4.74 Å². The zero-order valence-corrected chi connectivity index (χ0v) is 16.9. The fraction of sp³-hybridized carbons (Fsp3) is 0.562. The second kappa shape index (κ2) is 11.6. The van der Waals surface area contributed by atoms with Crippen LogP contribution < -0.4 is 10.5 Å². The molecule has 0 bridgehead atoms. The molecule has 0 aliphatic carbocycles. The lowest BCUT2D eigenvalue weighted by molar-refractivity contribution is 0.0562. The number of carbonyl (C=O) groups excluding carboxylic acids is 1. The number of methoxy groups -OCH3 is 1. The molecular formula is C16H26Cl3N3O3. The van der Waals surface area contributed by atoms with Gasteiger partial charge in [-0.25, -0.2) is 0 Å². The van der Waals surface area contributed by atoms with Crippen molar-refractivity contribution < 1.29 is 14.3 Å². The van der Waals surface area contributed by atoms with Gasteiger partial charge in [-0.1, -0.05) is 11.6 Å². The number of hydrogen-bond donors (Lipinski definition) is 1. The summed E-state index contributed by atoms with van der Waals surface area (Å²) in [6.07, 6.45) is 0. The van der Waals surface area contributed by atoms with Gasteiger partial charge in [0.1, 0.15) is 5.75 Å². The van der Waals surface area contributed by atoms with Crippen LogP contribution in [0.4, 0.5) is 5.69 Å². The van der Waals surface area contributed by atoms with Crippen molar-refractivity contribution in [2.45, 2.75) is 6.92 Å². The maximum absolute atomic E-state index is 12.7. The number of benzene rings is 1. The van der Waals surface area contributed by atoms with Crippen LogP contribution in [0.2, 0.25) is 5.02 Å². The van der Waals surface area contributed by atoms with Gasteiger partial charge in [-0.2, -0.15) is 0 Å². The molecule has 1 heterocycles. The minimum Gasteiger partial charge on any atom is -0.496 e. The molecule has 25 heavy (non-hydrogen) atoms. The number of nitrogen functional groups attached to an aromatic ring is 1. The second-order valence-electron chi connectivity index (χ2n) is 5.40. The first-order valence-corrected chi connectivity index (χ1v) is 8.17. The van der Waals surface area contributed by atoms with Gasteiger partial charge in [-0.3, -0.25) is 9.69 Å². The number of nitrogens with two attached hydrogens (primary N) is 1. The molecule has 1 aromatic carbocycles. The molecule has 1 fully saturated rings. The third-order valence-electron chi connectivity index (χ3n) is 3.96. The Morgan fingerprint density at radius 3 is 2.44 bits per heavy atom. The van der Waals surface area contributed by atoms with E-state index in [-0.39, 0.29) is 30.7 Å². The third kappa shape index (κ3) is 6.38. The zero-order valence-electron chi connectivity index (χ0n) is 14.5. The number of halogens is 3. The van der Waals surface area contributed by atoms with Gasteiger partial charge in [0.15, 0.2) is 0 Å². The van der Waals surface area contributed by atoms with Gasteiger partial charge < -0.3 is 20.1 Å². The van der Waals surface area contributed by atoms with E-state index in [2.05, 4.69) is 4.90 Å². The van der Waals surface area contributed by atoms with Crippen molar-refractivity contribution >= 4 is 48.0 Å². The molecule has 9 heteroatoms. The molecule has 1 amide bonds. The molecule has 144 valence electrons. The van der Waals surface area contributed by atoms with Crippen LogP contribution >= 0.6 is 36.4 Å². The lowest BCUT2D eigenvalue weighted by atomic mass is 10.1. The normalized spacial score (nSPS) is 14.4. The van der Waals surface area contributed by atoms with E-state index in [9.17, 15) is 4.79 Å². The molecule has 2 N–H and O–H groups in total. The SMILES string of the molecule is CCOCCN1CCN(C(=O)c2cc(Cl)c(N)cc2OC)CC1.Cl.Cl. The van der Waals surface area contributed by atoms with Crippen LogP contribution in [0, 0.1) is 0 Å². The number of piperazine rings is 1. The highest BCUT2D eigenvalue weighted by atomic mass is 35.5. The van der Waals surface area contributed by atoms with Crippen LogP contribution in [-0.4, -0.2) is 68.8 Å². The number of nitrogens with zero attached hydrogens (tertiary/aromatic N) is 2. The van der Waals surface area contributed by atoms with Gasteiger partial charge in [0.2, 0.25) is 0 Å². The van der Waals surface area contributed by atoms with Crippen molar-refractivity contribution in [3.05, 3.63) is 22.7 Å². The van der Waals surface area contributed by atoms with E-state index in [1.54, 1.807) is 12.1 Å². The van der Waals surface area contributed by atoms with E-state index in [0.717, 1.165) is 32.8 Å². The number of hydrogen-bond acceptors (Lipinski definition) is 5. The molecule has 0 radical (unpaired) electrons. The van der Waals surface area contributed by atoms with Gasteiger partial charge >= 0.3 is 0 Å². The van der Waals surface area contributed by atoms with E-state index >= 15 is 0 Å². The third-order valence-corrected chi connectivity index (χ3v) is 4.29. The average molecular weight is 415 g/mol. The molecule has 1 aliphatic rings. The Hall–Kier alpha value is -0.920. The number of carbonyl (C=O) groups is 1. The molecule has 1 aromatic rings. The summed E-state index contributed by atoms with van der Waals surface area (Å²) in [6, 6.07) is 3.17. The summed E-state index contributed by atoms with van der Waals surface area (Å²) in [4.78, 5) is 16.8. The molecular weight excluding hydrogens is 389 g/mol. The van der Waals surface area contributed by atoms with Crippen LogP contribution in [0.25, 0.3) is 0 Å². The maximum atomic E-state index is 12.7. The Morgan fingerprint density at radius 1 is 1.24 bits per heavy atom. The molecule has 0 aromatic heterocycles. The molecule has 1 aliphatic heterocycles. The lowest BCUT2D eigenvalue weighted by Gasteiger charge is -2.34. The number of amides is 1. The molecule has 0 saturated carbocycles. The first kappa shape index (κ1) is 24.1. The lowest BCUT2D eigenvalue weighted by Crippen LogP contribution is -2.49. The number of anilines is 1. The predicted molar refractivity (Wildman–Crippen MR) is 106 cm³/mol. The highest BCUT2D eigenvalue weighted by molar-refractivity contribution is 6.33. The Morgan fingerprint density at radius 2 is 1.88 bits per heavy atom. The summed E-state index contributed by atoms with van der Waals surface area (Å²) in [5.74, 6) is 0.379. The summed E-state index contributed by atoms with van der Waals surface area (Å²) in [6.45, 7) is 7.37. The quantitative estimate of drug-likeness (QED) is 0.572. The summed E-state index contributed by atoms with van der Waals surface area (Å²) in [7, 11) is 1.52. The van der Waals surface area contributed by atoms with Crippen molar-refractivity contribution in [3.63, 3.8) is 0 Å². The molecule has 0 spiro atoms. The second-order valence-corrected chi connectivity index (χ2v) is 5.81. The van der Waals surface area contributed by atoms with Gasteiger partial charge in [-0.15, -0.1) is 24.8 Å². The minimum atomic E-state index is -0.0757. The molecule has 2 rings (SSSR count). The van der Waals surface area contributed by atoms with E-state index in [4.69, 9.17) is 26.8 Å². The van der Waals surface area contributed by atoms with Crippen LogP contribution in [0.5, 0.6) is 5.75 Å². The Kier molecular flexibility index (Phi) is 11.2. The first-order chi connectivity index (χ1) is 11.1. The fourth-order valence-electron chi connectivity index (χ4n) is 2.59. The number of rotatable bonds is 6. The van der Waals surface area contributed by atoms with E-state index in [1.165, 1.54) is 7.11 Å². The van der Waals surface area contributed by atoms with Crippen molar-refractivity contribution in [3.8, 4) is 5.75 Å². The summed E-state index contributed by atoms with van der Waals surface area (Å²) in [5.41, 5.74) is 6.62. The number of ether oxygens (including phenoxy) is 2. The van der Waals surface area contributed by atoms with Crippen LogP contribution in [0.1, 0.15) is 17.3 Å².